The Labute approximate surface area is 130 Å². The van der Waals surface area contributed by atoms with E-state index in [-0.39, 0.29) is 17.4 Å². The number of ether oxygens (including phenoxy) is 1. The van der Waals surface area contributed by atoms with Crippen molar-refractivity contribution >= 4 is 11.7 Å². The van der Waals surface area contributed by atoms with Gasteiger partial charge in [-0.1, -0.05) is 13.3 Å². The third-order valence-electron chi connectivity index (χ3n) is 4.66. The fourth-order valence-corrected chi connectivity index (χ4v) is 3.41. The van der Waals surface area contributed by atoms with Gasteiger partial charge in [0, 0.05) is 44.6 Å². The van der Waals surface area contributed by atoms with E-state index in [0.717, 1.165) is 45.8 Å². The number of nitrogens with zero attached hydrogens (tertiary/aromatic N) is 4. The third kappa shape index (κ3) is 2.91. The number of nitrogen functional groups attached to an aromatic ring is 1. The molecule has 2 aliphatic rings. The molecule has 7 nitrogen and oxygen atoms in total. The molecule has 120 valence electrons. The quantitative estimate of drug-likeness (QED) is 0.861. The average molecular weight is 305 g/mol. The minimum atomic E-state index is -0.111. The van der Waals surface area contributed by atoms with Gasteiger partial charge in [0.2, 0.25) is 0 Å². The van der Waals surface area contributed by atoms with E-state index in [9.17, 15) is 4.79 Å². The van der Waals surface area contributed by atoms with Crippen LogP contribution in [0.4, 0.5) is 5.82 Å². The van der Waals surface area contributed by atoms with Crippen molar-refractivity contribution in [2.75, 3.05) is 45.1 Å². The Morgan fingerprint density at radius 2 is 2.05 bits per heavy atom. The molecule has 0 radical (unpaired) electrons. The Kier molecular flexibility index (Phi) is 4.54. The summed E-state index contributed by atoms with van der Waals surface area (Å²) >= 11 is 0. The van der Waals surface area contributed by atoms with E-state index in [4.69, 9.17) is 10.5 Å². The van der Waals surface area contributed by atoms with E-state index in [1.807, 2.05) is 4.90 Å². The number of nitrogens with two attached hydrogens (primary N) is 1. The first-order valence-electron chi connectivity index (χ1n) is 7.88. The van der Waals surface area contributed by atoms with Crippen LogP contribution < -0.4 is 5.73 Å². The monoisotopic (exact) mass is 305 g/mol. The van der Waals surface area contributed by atoms with Crippen molar-refractivity contribution in [1.82, 2.24) is 19.8 Å². The van der Waals surface area contributed by atoms with Gasteiger partial charge >= 0.3 is 0 Å². The van der Waals surface area contributed by atoms with Crippen molar-refractivity contribution in [1.29, 1.82) is 0 Å². The molecular formula is C15H23N5O2. The zero-order valence-electron chi connectivity index (χ0n) is 12.9. The summed E-state index contributed by atoms with van der Waals surface area (Å²) in [5.41, 5.74) is 6.05. The van der Waals surface area contributed by atoms with Crippen molar-refractivity contribution in [3.8, 4) is 0 Å². The van der Waals surface area contributed by atoms with Gasteiger partial charge in [0.05, 0.1) is 13.2 Å². The molecule has 2 N–H and O–H groups in total. The number of anilines is 1. The second kappa shape index (κ2) is 6.58. The van der Waals surface area contributed by atoms with E-state index < -0.39 is 0 Å². The Bertz CT molecular complexity index is 532. The van der Waals surface area contributed by atoms with E-state index in [1.54, 1.807) is 0 Å². The third-order valence-corrected chi connectivity index (χ3v) is 4.66. The average Bonchev–Trinajstić information content (AvgIpc) is 3.00. The van der Waals surface area contributed by atoms with Crippen LogP contribution in [0.25, 0.3) is 0 Å². The maximum absolute atomic E-state index is 12.7. The van der Waals surface area contributed by atoms with Crippen molar-refractivity contribution in [2.45, 2.75) is 19.4 Å². The molecule has 2 aliphatic heterocycles. The smallest absolute Gasteiger partial charge is 0.276 e. The van der Waals surface area contributed by atoms with E-state index in [0.29, 0.717) is 12.0 Å². The Morgan fingerprint density at radius 1 is 1.32 bits per heavy atom. The van der Waals surface area contributed by atoms with Crippen LogP contribution in [0.5, 0.6) is 0 Å². The molecule has 0 saturated carbocycles. The number of hydrogen-bond donors (Lipinski definition) is 1. The lowest BCUT2D eigenvalue weighted by Crippen LogP contribution is -2.47. The largest absolute Gasteiger partial charge is 0.382 e. The van der Waals surface area contributed by atoms with Crippen molar-refractivity contribution in [3.05, 3.63) is 18.1 Å². The van der Waals surface area contributed by atoms with Gasteiger partial charge in [0.15, 0.2) is 11.5 Å². The number of carbonyl (C=O) groups is 1. The summed E-state index contributed by atoms with van der Waals surface area (Å²) in [6.45, 7) is 7.10. The summed E-state index contributed by atoms with van der Waals surface area (Å²) in [5.74, 6) is 0.579. The lowest BCUT2D eigenvalue weighted by molar-refractivity contribution is 0.0102. The summed E-state index contributed by atoms with van der Waals surface area (Å²) in [4.78, 5) is 25.0. The van der Waals surface area contributed by atoms with Crippen LogP contribution in [0.3, 0.4) is 0 Å². The highest BCUT2D eigenvalue weighted by Gasteiger charge is 2.39. The summed E-state index contributed by atoms with van der Waals surface area (Å²) in [5, 5.41) is 0. The van der Waals surface area contributed by atoms with Gasteiger partial charge in [0.25, 0.3) is 5.91 Å². The van der Waals surface area contributed by atoms with Gasteiger partial charge in [0.1, 0.15) is 0 Å². The lowest BCUT2D eigenvalue weighted by Gasteiger charge is -2.34. The van der Waals surface area contributed by atoms with Crippen LogP contribution in [-0.4, -0.2) is 71.1 Å². The SMILES string of the molecule is CCC1CN(C(=O)c2nccnc2N)CC1N1CCOCC1. The van der Waals surface area contributed by atoms with Gasteiger partial charge in [-0.05, 0) is 5.92 Å². The molecule has 3 heterocycles. The molecule has 0 bridgehead atoms. The van der Waals surface area contributed by atoms with Crippen molar-refractivity contribution in [2.24, 2.45) is 5.92 Å². The maximum atomic E-state index is 12.7. The first-order chi connectivity index (χ1) is 10.7. The zero-order valence-corrected chi connectivity index (χ0v) is 12.9. The maximum Gasteiger partial charge on any atom is 0.276 e. The molecule has 0 spiro atoms. The fourth-order valence-electron chi connectivity index (χ4n) is 3.41. The molecular weight excluding hydrogens is 282 g/mol. The fraction of sp³-hybridized carbons (Fsp3) is 0.667. The predicted octanol–water partition coefficient (Wildman–Crippen LogP) is 0.242. The molecule has 0 aliphatic carbocycles. The number of carbonyl (C=O) groups excluding carboxylic acids is 1. The number of likely N-dealkylation sites (tertiary alicyclic amines) is 1. The number of amides is 1. The van der Waals surface area contributed by atoms with Crippen LogP contribution in [0.2, 0.25) is 0 Å². The second-order valence-electron chi connectivity index (χ2n) is 5.88. The van der Waals surface area contributed by atoms with Gasteiger partial charge in [-0.2, -0.15) is 0 Å². The summed E-state index contributed by atoms with van der Waals surface area (Å²) in [7, 11) is 0. The van der Waals surface area contributed by atoms with Crippen molar-refractivity contribution in [3.63, 3.8) is 0 Å². The van der Waals surface area contributed by atoms with Crippen LogP contribution in [-0.2, 0) is 4.74 Å². The van der Waals surface area contributed by atoms with Crippen LogP contribution in [0, 0.1) is 5.92 Å². The number of morpholine rings is 1. The number of hydrogen-bond acceptors (Lipinski definition) is 6. The van der Waals surface area contributed by atoms with Gasteiger partial charge in [-0.25, -0.2) is 9.97 Å². The highest BCUT2D eigenvalue weighted by atomic mass is 16.5. The molecule has 2 saturated heterocycles. The standard InChI is InChI=1S/C15H23N5O2/c1-2-11-9-20(10-12(11)19-5-7-22-8-6-19)15(21)13-14(16)18-4-3-17-13/h3-4,11-12H,2,5-10H2,1H3,(H2,16,18). The first kappa shape index (κ1) is 15.2. The molecule has 2 fully saturated rings. The molecule has 3 rings (SSSR count). The van der Waals surface area contributed by atoms with E-state index in [2.05, 4.69) is 21.8 Å². The molecule has 1 amide bonds. The molecule has 2 atom stereocenters. The van der Waals surface area contributed by atoms with Crippen molar-refractivity contribution < 1.29 is 9.53 Å². The van der Waals surface area contributed by atoms with Crippen LogP contribution >= 0.6 is 0 Å². The number of aromatic nitrogens is 2. The molecule has 2 unspecified atom stereocenters. The lowest BCUT2D eigenvalue weighted by atomic mass is 9.99. The van der Waals surface area contributed by atoms with Gasteiger partial charge in [-0.3, -0.25) is 9.69 Å². The summed E-state index contributed by atoms with van der Waals surface area (Å²) in [6.07, 6.45) is 4.07. The summed E-state index contributed by atoms with van der Waals surface area (Å²) in [6, 6.07) is 0.399. The van der Waals surface area contributed by atoms with Gasteiger partial charge in [-0.15, -0.1) is 0 Å². The summed E-state index contributed by atoms with van der Waals surface area (Å²) < 4.78 is 5.43. The van der Waals surface area contributed by atoms with Crippen LogP contribution in [0.1, 0.15) is 23.8 Å². The van der Waals surface area contributed by atoms with Crippen LogP contribution in [0.15, 0.2) is 12.4 Å². The molecule has 0 aromatic carbocycles. The molecule has 7 heteroatoms. The highest BCUT2D eigenvalue weighted by molar-refractivity contribution is 5.96. The minimum Gasteiger partial charge on any atom is -0.382 e. The highest BCUT2D eigenvalue weighted by Crippen LogP contribution is 2.27. The molecule has 1 aromatic rings. The second-order valence-corrected chi connectivity index (χ2v) is 5.88. The Hall–Kier alpha value is -1.73. The first-order valence-corrected chi connectivity index (χ1v) is 7.88. The van der Waals surface area contributed by atoms with E-state index >= 15 is 0 Å². The minimum absolute atomic E-state index is 0.111. The Balaban J connectivity index is 1.73. The van der Waals surface area contributed by atoms with Gasteiger partial charge < -0.3 is 15.4 Å². The molecule has 22 heavy (non-hydrogen) atoms. The zero-order chi connectivity index (χ0) is 15.5. The molecule has 1 aromatic heterocycles. The number of rotatable bonds is 3. The normalized spacial score (nSPS) is 26.3. The van der Waals surface area contributed by atoms with E-state index in [1.165, 1.54) is 12.4 Å². The topological polar surface area (TPSA) is 84.6 Å². The predicted molar refractivity (Wildman–Crippen MR) is 82.3 cm³/mol. The Morgan fingerprint density at radius 3 is 2.73 bits per heavy atom.